The van der Waals surface area contributed by atoms with Gasteiger partial charge in [0.2, 0.25) is 10.0 Å². The van der Waals surface area contributed by atoms with E-state index in [-0.39, 0.29) is 11.8 Å². The Morgan fingerprint density at radius 1 is 1.58 bits per heavy atom. The maximum absolute atomic E-state index is 11.5. The van der Waals surface area contributed by atoms with E-state index in [1.807, 2.05) is 6.92 Å². The summed E-state index contributed by atoms with van der Waals surface area (Å²) in [5.41, 5.74) is 0. The van der Waals surface area contributed by atoms with Crippen molar-refractivity contribution in [1.29, 1.82) is 0 Å². The highest BCUT2D eigenvalue weighted by Gasteiger charge is 2.34. The van der Waals surface area contributed by atoms with E-state index in [1.54, 1.807) is 4.31 Å². The molecule has 0 radical (unpaired) electrons. The average Bonchev–Trinajstić information content (AvgIpc) is 2.71. The molecule has 0 unspecified atom stereocenters. The molecule has 0 N–H and O–H groups in total. The Hall–Kier alpha value is -0.350. The lowest BCUT2D eigenvalue weighted by atomic mass is 10.6. The van der Waals surface area contributed by atoms with Crippen LogP contribution in [0.1, 0.15) is 19.8 Å². The van der Waals surface area contributed by atoms with Gasteiger partial charge in [0.25, 0.3) is 0 Å². The molecule has 1 aliphatic carbocycles. The zero-order chi connectivity index (χ0) is 9.19. The zero-order valence-electron chi connectivity index (χ0n) is 7.36. The van der Waals surface area contributed by atoms with Crippen LogP contribution in [0.25, 0.3) is 0 Å². The summed E-state index contributed by atoms with van der Waals surface area (Å²) in [7, 11) is -3.04. The molecule has 4 heteroatoms. The summed E-state index contributed by atoms with van der Waals surface area (Å²) < 4.78 is 24.6. The predicted octanol–water partition coefficient (Wildman–Crippen LogP) is 0.987. The molecular formula is C8H15NO2S. The van der Waals surface area contributed by atoms with Crippen LogP contribution in [-0.2, 0) is 10.0 Å². The van der Waals surface area contributed by atoms with Crippen LogP contribution in [-0.4, -0.2) is 31.1 Å². The maximum atomic E-state index is 11.5. The lowest BCUT2D eigenvalue weighted by molar-refractivity contribution is 0.423. The van der Waals surface area contributed by atoms with Crippen molar-refractivity contribution in [3.63, 3.8) is 0 Å². The van der Waals surface area contributed by atoms with Crippen molar-refractivity contribution in [2.24, 2.45) is 0 Å². The molecule has 0 aromatic carbocycles. The van der Waals surface area contributed by atoms with Crippen molar-refractivity contribution < 1.29 is 8.42 Å². The fourth-order valence-corrected chi connectivity index (χ4v) is 2.84. The van der Waals surface area contributed by atoms with E-state index in [1.165, 1.54) is 6.08 Å². The summed E-state index contributed by atoms with van der Waals surface area (Å²) in [6.07, 6.45) is 3.48. The molecule has 0 saturated heterocycles. The molecule has 0 aromatic heterocycles. The molecule has 0 spiro atoms. The highest BCUT2D eigenvalue weighted by atomic mass is 32.2. The Morgan fingerprint density at radius 3 is 2.50 bits per heavy atom. The molecule has 1 rings (SSSR count). The number of hydrogen-bond acceptors (Lipinski definition) is 2. The number of sulfonamides is 1. The van der Waals surface area contributed by atoms with Crippen LogP contribution in [0.2, 0.25) is 0 Å². The van der Waals surface area contributed by atoms with E-state index < -0.39 is 10.0 Å². The smallest absolute Gasteiger partial charge is 0.212 e. The first-order valence-corrected chi connectivity index (χ1v) is 5.83. The second kappa shape index (κ2) is 3.58. The minimum atomic E-state index is -3.04. The van der Waals surface area contributed by atoms with Gasteiger partial charge in [-0.2, -0.15) is 4.31 Å². The van der Waals surface area contributed by atoms with Crippen molar-refractivity contribution in [2.75, 3.05) is 12.3 Å². The van der Waals surface area contributed by atoms with E-state index >= 15 is 0 Å². The van der Waals surface area contributed by atoms with Gasteiger partial charge in [0.15, 0.2) is 0 Å². The van der Waals surface area contributed by atoms with Gasteiger partial charge in [-0.25, -0.2) is 8.42 Å². The second-order valence-electron chi connectivity index (χ2n) is 3.00. The summed E-state index contributed by atoms with van der Waals surface area (Å²) in [4.78, 5) is 0. The molecule has 0 heterocycles. The van der Waals surface area contributed by atoms with Crippen LogP contribution >= 0.6 is 0 Å². The van der Waals surface area contributed by atoms with Crippen LogP contribution in [0.3, 0.4) is 0 Å². The van der Waals surface area contributed by atoms with Crippen LogP contribution in [0.4, 0.5) is 0 Å². The Bertz CT molecular complexity index is 254. The van der Waals surface area contributed by atoms with Crippen LogP contribution < -0.4 is 0 Å². The maximum Gasteiger partial charge on any atom is 0.217 e. The molecule has 70 valence electrons. The predicted molar refractivity (Wildman–Crippen MR) is 49.4 cm³/mol. The molecule has 0 aliphatic heterocycles. The monoisotopic (exact) mass is 189 g/mol. The molecule has 12 heavy (non-hydrogen) atoms. The van der Waals surface area contributed by atoms with Crippen molar-refractivity contribution in [3.8, 4) is 0 Å². The highest BCUT2D eigenvalue weighted by molar-refractivity contribution is 7.89. The van der Waals surface area contributed by atoms with Crippen LogP contribution in [0.5, 0.6) is 0 Å². The summed E-state index contributed by atoms with van der Waals surface area (Å²) in [6.45, 7) is 5.89. The molecule has 1 saturated carbocycles. The Morgan fingerprint density at radius 2 is 2.17 bits per heavy atom. The Balaban J connectivity index is 2.68. The van der Waals surface area contributed by atoms with E-state index in [2.05, 4.69) is 6.58 Å². The third-order valence-electron chi connectivity index (χ3n) is 1.95. The molecule has 0 bridgehead atoms. The van der Waals surface area contributed by atoms with Crippen LogP contribution in [0.15, 0.2) is 12.7 Å². The van der Waals surface area contributed by atoms with Crippen molar-refractivity contribution in [1.82, 2.24) is 4.31 Å². The minimum Gasteiger partial charge on any atom is -0.212 e. The summed E-state index contributed by atoms with van der Waals surface area (Å²) >= 11 is 0. The summed E-state index contributed by atoms with van der Waals surface area (Å²) in [5.74, 6) is 0.0668. The third kappa shape index (κ3) is 2.08. The standard InChI is InChI=1S/C8H15NO2S/c1-3-7-12(10,11)9(4-2)8-5-6-8/h3,8H,1,4-7H2,2H3. The Labute approximate surface area is 74.1 Å². The number of rotatable bonds is 5. The molecule has 0 amide bonds. The summed E-state index contributed by atoms with van der Waals surface area (Å²) in [5, 5.41) is 0. The first-order valence-electron chi connectivity index (χ1n) is 4.22. The first-order chi connectivity index (χ1) is 5.61. The molecule has 0 aromatic rings. The quantitative estimate of drug-likeness (QED) is 0.605. The minimum absolute atomic E-state index is 0.0668. The van der Waals surface area contributed by atoms with Gasteiger partial charge < -0.3 is 0 Å². The molecule has 1 aliphatic rings. The van der Waals surface area contributed by atoms with Gasteiger partial charge in [-0.15, -0.1) is 6.58 Å². The normalized spacial score (nSPS) is 18.2. The van der Waals surface area contributed by atoms with Gasteiger partial charge in [-0.1, -0.05) is 13.0 Å². The van der Waals surface area contributed by atoms with Gasteiger partial charge >= 0.3 is 0 Å². The number of hydrogen-bond donors (Lipinski definition) is 0. The van der Waals surface area contributed by atoms with Crippen molar-refractivity contribution >= 4 is 10.0 Å². The van der Waals surface area contributed by atoms with Gasteiger partial charge in [0.05, 0.1) is 5.75 Å². The second-order valence-corrected chi connectivity index (χ2v) is 4.97. The number of nitrogens with zero attached hydrogens (tertiary/aromatic N) is 1. The first kappa shape index (κ1) is 9.74. The SMILES string of the molecule is C=CCS(=O)(=O)N(CC)C1CC1. The topological polar surface area (TPSA) is 37.4 Å². The highest BCUT2D eigenvalue weighted by Crippen LogP contribution is 2.28. The van der Waals surface area contributed by atoms with Crippen molar-refractivity contribution in [3.05, 3.63) is 12.7 Å². The molecule has 1 fully saturated rings. The largest absolute Gasteiger partial charge is 0.217 e. The lowest BCUT2D eigenvalue weighted by Crippen LogP contribution is -2.34. The Kier molecular flexibility index (Phi) is 2.90. The van der Waals surface area contributed by atoms with E-state index in [0.717, 1.165) is 12.8 Å². The van der Waals surface area contributed by atoms with Gasteiger partial charge in [0, 0.05) is 12.6 Å². The van der Waals surface area contributed by atoms with E-state index in [0.29, 0.717) is 6.54 Å². The van der Waals surface area contributed by atoms with Crippen molar-refractivity contribution in [2.45, 2.75) is 25.8 Å². The van der Waals surface area contributed by atoms with Gasteiger partial charge in [0.1, 0.15) is 0 Å². The van der Waals surface area contributed by atoms with Gasteiger partial charge in [-0.05, 0) is 12.8 Å². The van der Waals surface area contributed by atoms with Gasteiger partial charge in [-0.3, -0.25) is 0 Å². The average molecular weight is 189 g/mol. The lowest BCUT2D eigenvalue weighted by Gasteiger charge is -2.18. The zero-order valence-corrected chi connectivity index (χ0v) is 8.18. The fourth-order valence-electron chi connectivity index (χ4n) is 1.29. The third-order valence-corrected chi connectivity index (χ3v) is 3.88. The molecule has 3 nitrogen and oxygen atoms in total. The van der Waals surface area contributed by atoms with Crippen LogP contribution in [0, 0.1) is 0 Å². The molecular weight excluding hydrogens is 174 g/mol. The summed E-state index contributed by atoms with van der Waals surface area (Å²) in [6, 6.07) is 0.278. The van der Waals surface area contributed by atoms with E-state index in [4.69, 9.17) is 0 Å². The fraction of sp³-hybridized carbons (Fsp3) is 0.750. The molecule has 0 atom stereocenters. The van der Waals surface area contributed by atoms with E-state index in [9.17, 15) is 8.42 Å².